The number of guanidine groups is 1. The maximum atomic E-state index is 11.2. The predicted molar refractivity (Wildman–Crippen MR) is 106 cm³/mol. The average Bonchev–Trinajstić information content (AvgIpc) is 2.93. The Balaban J connectivity index is 0.00000264. The molecule has 0 aliphatic rings. The molecule has 5 nitrogen and oxygen atoms in total. The number of nitrogens with zero attached hydrogens (tertiary/aromatic N) is 1. The van der Waals surface area contributed by atoms with Gasteiger partial charge in [0, 0.05) is 28.9 Å². The summed E-state index contributed by atoms with van der Waals surface area (Å²) in [5.41, 5.74) is 6.77. The van der Waals surface area contributed by atoms with E-state index in [1.807, 2.05) is 12.1 Å². The van der Waals surface area contributed by atoms with Crippen molar-refractivity contribution in [2.75, 3.05) is 7.05 Å². The van der Waals surface area contributed by atoms with Gasteiger partial charge < -0.3 is 16.4 Å². The summed E-state index contributed by atoms with van der Waals surface area (Å²) in [7, 11) is 1.73. The molecule has 1 aromatic heterocycles. The second kappa shape index (κ2) is 9.51. The summed E-state index contributed by atoms with van der Waals surface area (Å²) in [6, 6.07) is 11.5. The lowest BCUT2D eigenvalue weighted by atomic mass is 10.1. The van der Waals surface area contributed by atoms with Crippen LogP contribution >= 0.6 is 35.3 Å². The van der Waals surface area contributed by atoms with E-state index >= 15 is 0 Å². The van der Waals surface area contributed by atoms with Crippen LogP contribution in [0.3, 0.4) is 0 Å². The number of carbonyl (C=O) groups is 1. The third-order valence-corrected chi connectivity index (χ3v) is 4.12. The van der Waals surface area contributed by atoms with Gasteiger partial charge >= 0.3 is 0 Å². The largest absolute Gasteiger partial charge is 0.366 e. The van der Waals surface area contributed by atoms with Crippen molar-refractivity contribution < 1.29 is 4.79 Å². The van der Waals surface area contributed by atoms with Crippen LogP contribution in [0.1, 0.15) is 25.7 Å². The molecule has 23 heavy (non-hydrogen) atoms. The molecule has 1 heterocycles. The summed E-state index contributed by atoms with van der Waals surface area (Å²) in [6.45, 7) is 3.40. The van der Waals surface area contributed by atoms with Gasteiger partial charge in [-0.25, -0.2) is 0 Å². The summed E-state index contributed by atoms with van der Waals surface area (Å²) in [4.78, 5) is 17.9. The number of hydrogen-bond acceptors (Lipinski definition) is 3. The number of benzene rings is 1. The van der Waals surface area contributed by atoms with Crippen molar-refractivity contribution in [3.05, 3.63) is 57.3 Å². The van der Waals surface area contributed by atoms with Gasteiger partial charge in [-0.15, -0.1) is 35.3 Å². The van der Waals surface area contributed by atoms with Crippen molar-refractivity contribution in [3.8, 4) is 0 Å². The first-order valence-electron chi connectivity index (χ1n) is 6.97. The van der Waals surface area contributed by atoms with Gasteiger partial charge in [0.1, 0.15) is 0 Å². The van der Waals surface area contributed by atoms with Crippen molar-refractivity contribution in [2.24, 2.45) is 10.7 Å². The molecule has 1 aromatic carbocycles. The highest BCUT2D eigenvalue weighted by molar-refractivity contribution is 14.0. The van der Waals surface area contributed by atoms with Crippen LogP contribution in [-0.2, 0) is 13.1 Å². The number of nitrogens with one attached hydrogen (secondary N) is 2. The monoisotopic (exact) mass is 444 g/mol. The Morgan fingerprint density at radius 2 is 1.96 bits per heavy atom. The van der Waals surface area contributed by atoms with E-state index in [0.29, 0.717) is 12.1 Å². The zero-order valence-electron chi connectivity index (χ0n) is 13.1. The van der Waals surface area contributed by atoms with E-state index < -0.39 is 5.91 Å². The molecule has 124 valence electrons. The Hall–Kier alpha value is -1.61. The first-order chi connectivity index (χ1) is 10.6. The minimum atomic E-state index is -0.419. The van der Waals surface area contributed by atoms with Gasteiger partial charge in [-0.05, 0) is 36.8 Å². The number of carbonyl (C=O) groups excluding carboxylic acids is 1. The van der Waals surface area contributed by atoms with E-state index in [4.69, 9.17) is 5.73 Å². The van der Waals surface area contributed by atoms with E-state index in [1.54, 1.807) is 30.5 Å². The number of primary amides is 1. The molecular formula is C16H21IN4OS. The standard InChI is InChI=1S/C16H20N4OS.HI/c1-11-6-7-14(22-11)10-20-16(18-2)19-9-12-4-3-5-13(8-12)15(17)21;/h3-8H,9-10H2,1-2H3,(H2,17,21)(H2,18,19,20);1H. The number of rotatable bonds is 5. The van der Waals surface area contributed by atoms with Gasteiger partial charge in [0.2, 0.25) is 5.91 Å². The fourth-order valence-corrected chi connectivity index (χ4v) is 2.82. The molecule has 7 heteroatoms. The number of amides is 1. The van der Waals surface area contributed by atoms with Crippen LogP contribution in [0.25, 0.3) is 0 Å². The minimum absolute atomic E-state index is 0. The first-order valence-corrected chi connectivity index (χ1v) is 7.78. The molecule has 2 rings (SSSR count). The second-order valence-electron chi connectivity index (χ2n) is 4.86. The smallest absolute Gasteiger partial charge is 0.248 e. The van der Waals surface area contributed by atoms with E-state index in [2.05, 4.69) is 34.7 Å². The lowest BCUT2D eigenvalue weighted by Gasteiger charge is -2.11. The van der Waals surface area contributed by atoms with Gasteiger partial charge in [0.25, 0.3) is 0 Å². The van der Waals surface area contributed by atoms with E-state index in [0.717, 1.165) is 18.1 Å². The molecule has 1 amide bonds. The molecule has 0 aliphatic carbocycles. The van der Waals surface area contributed by atoms with Crippen LogP contribution in [0.4, 0.5) is 0 Å². The molecular weight excluding hydrogens is 423 g/mol. The molecule has 0 atom stereocenters. The van der Waals surface area contributed by atoms with Gasteiger partial charge in [-0.2, -0.15) is 0 Å². The SMILES string of the molecule is CN=C(NCc1cccc(C(N)=O)c1)NCc1ccc(C)s1.I. The maximum absolute atomic E-state index is 11.2. The van der Waals surface area contributed by atoms with Crippen LogP contribution in [0.5, 0.6) is 0 Å². The fourth-order valence-electron chi connectivity index (χ4n) is 1.99. The highest BCUT2D eigenvalue weighted by Crippen LogP contribution is 2.14. The van der Waals surface area contributed by atoms with E-state index in [9.17, 15) is 4.79 Å². The van der Waals surface area contributed by atoms with Gasteiger partial charge in [-0.1, -0.05) is 12.1 Å². The van der Waals surface area contributed by atoms with Crippen molar-refractivity contribution in [1.82, 2.24) is 10.6 Å². The normalized spacial score (nSPS) is 10.8. The summed E-state index contributed by atoms with van der Waals surface area (Å²) >= 11 is 1.76. The Kier molecular flexibility index (Phi) is 8.04. The number of aliphatic imine (C=N–C) groups is 1. The molecule has 0 spiro atoms. The first kappa shape index (κ1) is 19.4. The van der Waals surface area contributed by atoms with Crippen LogP contribution in [-0.4, -0.2) is 18.9 Å². The highest BCUT2D eigenvalue weighted by Gasteiger charge is 2.03. The van der Waals surface area contributed by atoms with Crippen LogP contribution in [0.15, 0.2) is 41.4 Å². The van der Waals surface area contributed by atoms with E-state index in [-0.39, 0.29) is 24.0 Å². The highest BCUT2D eigenvalue weighted by atomic mass is 127. The maximum Gasteiger partial charge on any atom is 0.248 e. The summed E-state index contributed by atoms with van der Waals surface area (Å²) in [6.07, 6.45) is 0. The Morgan fingerprint density at radius 1 is 1.22 bits per heavy atom. The summed E-state index contributed by atoms with van der Waals surface area (Å²) in [5.74, 6) is 0.299. The number of thiophene rings is 1. The zero-order valence-corrected chi connectivity index (χ0v) is 16.3. The zero-order chi connectivity index (χ0) is 15.9. The summed E-state index contributed by atoms with van der Waals surface area (Å²) in [5, 5.41) is 6.48. The van der Waals surface area contributed by atoms with Crippen molar-refractivity contribution in [2.45, 2.75) is 20.0 Å². The lowest BCUT2D eigenvalue weighted by molar-refractivity contribution is 0.1000. The minimum Gasteiger partial charge on any atom is -0.366 e. The van der Waals surface area contributed by atoms with Crippen molar-refractivity contribution in [3.63, 3.8) is 0 Å². The molecule has 0 saturated carbocycles. The fraction of sp³-hybridized carbons (Fsp3) is 0.250. The summed E-state index contributed by atoms with van der Waals surface area (Å²) < 4.78 is 0. The molecule has 4 N–H and O–H groups in total. The van der Waals surface area contributed by atoms with Crippen molar-refractivity contribution >= 4 is 47.2 Å². The molecule has 0 saturated heterocycles. The molecule has 0 aliphatic heterocycles. The lowest BCUT2D eigenvalue weighted by Crippen LogP contribution is -2.36. The third kappa shape index (κ3) is 6.19. The molecule has 0 radical (unpaired) electrons. The molecule has 0 fully saturated rings. The Morgan fingerprint density at radius 3 is 2.57 bits per heavy atom. The second-order valence-corrected chi connectivity index (χ2v) is 6.23. The number of nitrogens with two attached hydrogens (primary N) is 1. The predicted octanol–water partition coefficient (Wildman–Crippen LogP) is 2.64. The topological polar surface area (TPSA) is 79.5 Å². The number of hydrogen-bond donors (Lipinski definition) is 3. The number of halogens is 1. The number of aryl methyl sites for hydroxylation is 1. The quantitative estimate of drug-likeness (QED) is 0.377. The van der Waals surface area contributed by atoms with E-state index in [1.165, 1.54) is 9.75 Å². The van der Waals surface area contributed by atoms with Crippen LogP contribution in [0, 0.1) is 6.92 Å². The Bertz CT molecular complexity index is 684. The van der Waals surface area contributed by atoms with Crippen molar-refractivity contribution in [1.29, 1.82) is 0 Å². The van der Waals surface area contributed by atoms with Gasteiger partial charge in [-0.3, -0.25) is 9.79 Å². The van der Waals surface area contributed by atoms with Crippen LogP contribution in [0.2, 0.25) is 0 Å². The molecule has 0 unspecified atom stereocenters. The molecule has 2 aromatic rings. The van der Waals surface area contributed by atoms with Gasteiger partial charge in [0.05, 0.1) is 6.54 Å². The third-order valence-electron chi connectivity index (χ3n) is 3.12. The average molecular weight is 444 g/mol. The van der Waals surface area contributed by atoms with Gasteiger partial charge in [0.15, 0.2) is 5.96 Å². The molecule has 0 bridgehead atoms. The Labute approximate surface area is 157 Å². The van der Waals surface area contributed by atoms with Crippen LogP contribution < -0.4 is 16.4 Å².